The number of aliphatic hydroxyl groups excluding tert-OH is 1. The van der Waals surface area contributed by atoms with Gasteiger partial charge in [0.25, 0.3) is 0 Å². The van der Waals surface area contributed by atoms with Crippen molar-refractivity contribution in [3.8, 4) is 0 Å². The van der Waals surface area contributed by atoms with Crippen molar-refractivity contribution >= 4 is 0 Å². The summed E-state index contributed by atoms with van der Waals surface area (Å²) in [6.45, 7) is 1.47. The summed E-state index contributed by atoms with van der Waals surface area (Å²) >= 11 is 0. The largest absolute Gasteiger partial charge is 0.396 e. The fraction of sp³-hybridized carbons (Fsp3) is 0.706. The molecular weight excluding hydrogens is 266 g/mol. The molecule has 1 saturated heterocycles. The fourth-order valence-corrected chi connectivity index (χ4v) is 3.81. The molecule has 116 valence electrons. The summed E-state index contributed by atoms with van der Waals surface area (Å²) in [5, 5.41) is 9.03. The van der Waals surface area contributed by atoms with Gasteiger partial charge in [-0.25, -0.2) is 0 Å². The van der Waals surface area contributed by atoms with E-state index in [4.69, 9.17) is 14.6 Å². The van der Waals surface area contributed by atoms with Crippen LogP contribution in [-0.2, 0) is 15.1 Å². The summed E-state index contributed by atoms with van der Waals surface area (Å²) in [7, 11) is 0. The van der Waals surface area contributed by atoms with Crippen LogP contribution in [0.15, 0.2) is 24.4 Å². The molecule has 2 aliphatic rings. The van der Waals surface area contributed by atoms with E-state index in [0.717, 1.165) is 38.0 Å². The summed E-state index contributed by atoms with van der Waals surface area (Å²) in [6, 6.07) is 6.03. The second-order valence-corrected chi connectivity index (χ2v) is 6.30. The minimum Gasteiger partial charge on any atom is -0.396 e. The van der Waals surface area contributed by atoms with E-state index in [1.54, 1.807) is 0 Å². The highest BCUT2D eigenvalue weighted by Gasteiger charge is 2.49. The second kappa shape index (κ2) is 6.42. The molecule has 4 heteroatoms. The van der Waals surface area contributed by atoms with Crippen LogP contribution in [0.1, 0.15) is 50.6 Å². The third kappa shape index (κ3) is 3.12. The molecule has 1 spiro atoms. The molecule has 1 atom stereocenters. The summed E-state index contributed by atoms with van der Waals surface area (Å²) in [6.07, 6.45) is 8.99. The Hall–Kier alpha value is -0.970. The van der Waals surface area contributed by atoms with Crippen molar-refractivity contribution in [3.63, 3.8) is 0 Å². The summed E-state index contributed by atoms with van der Waals surface area (Å²) in [5.41, 5.74) is 0.645. The van der Waals surface area contributed by atoms with Gasteiger partial charge >= 0.3 is 0 Å². The van der Waals surface area contributed by atoms with Gasteiger partial charge < -0.3 is 14.6 Å². The zero-order chi connectivity index (χ0) is 14.6. The average molecular weight is 291 g/mol. The first-order chi connectivity index (χ1) is 10.3. The lowest BCUT2D eigenvalue weighted by molar-refractivity contribution is -0.187. The van der Waals surface area contributed by atoms with Gasteiger partial charge in [0.05, 0.1) is 24.5 Å². The van der Waals surface area contributed by atoms with Gasteiger partial charge in [-0.2, -0.15) is 0 Å². The number of ether oxygens (including phenoxy) is 2. The predicted octanol–water partition coefficient (Wildman–Crippen LogP) is 2.80. The van der Waals surface area contributed by atoms with Crippen molar-refractivity contribution in [2.24, 2.45) is 0 Å². The minimum absolute atomic E-state index is 0.0189. The Morgan fingerprint density at radius 2 is 2.10 bits per heavy atom. The number of rotatable bonds is 5. The quantitative estimate of drug-likeness (QED) is 0.848. The van der Waals surface area contributed by atoms with Crippen molar-refractivity contribution in [1.29, 1.82) is 0 Å². The molecule has 0 amide bonds. The molecule has 1 unspecified atom stereocenters. The van der Waals surface area contributed by atoms with Gasteiger partial charge in [-0.05, 0) is 31.4 Å². The second-order valence-electron chi connectivity index (χ2n) is 6.30. The van der Waals surface area contributed by atoms with Gasteiger partial charge in [-0.15, -0.1) is 0 Å². The van der Waals surface area contributed by atoms with E-state index in [1.807, 2.05) is 18.3 Å². The van der Waals surface area contributed by atoms with E-state index in [0.29, 0.717) is 13.0 Å². The lowest BCUT2D eigenvalue weighted by Crippen LogP contribution is -2.48. The van der Waals surface area contributed by atoms with E-state index in [-0.39, 0.29) is 17.8 Å². The van der Waals surface area contributed by atoms with E-state index in [1.165, 1.54) is 12.8 Å². The first-order valence-corrected chi connectivity index (χ1v) is 8.09. The van der Waals surface area contributed by atoms with Gasteiger partial charge in [0, 0.05) is 25.6 Å². The number of hydrogen-bond acceptors (Lipinski definition) is 4. The van der Waals surface area contributed by atoms with Crippen LogP contribution >= 0.6 is 0 Å². The van der Waals surface area contributed by atoms with Crippen LogP contribution in [0.5, 0.6) is 0 Å². The summed E-state index contributed by atoms with van der Waals surface area (Å²) < 4.78 is 12.4. The molecule has 2 heterocycles. The van der Waals surface area contributed by atoms with Crippen molar-refractivity contribution < 1.29 is 14.6 Å². The van der Waals surface area contributed by atoms with Crippen LogP contribution in [0, 0.1) is 0 Å². The SMILES string of the molecule is OCCCOC1(c2ccccn2)CCOC2(CCCC2)C1. The Morgan fingerprint density at radius 3 is 2.81 bits per heavy atom. The van der Waals surface area contributed by atoms with Crippen molar-refractivity contribution in [3.05, 3.63) is 30.1 Å². The van der Waals surface area contributed by atoms with E-state index in [9.17, 15) is 0 Å². The Labute approximate surface area is 126 Å². The fourth-order valence-electron chi connectivity index (χ4n) is 3.81. The maximum absolute atomic E-state index is 9.03. The van der Waals surface area contributed by atoms with Gasteiger partial charge in [0.15, 0.2) is 0 Å². The molecule has 0 radical (unpaired) electrons. The highest BCUT2D eigenvalue weighted by molar-refractivity contribution is 5.17. The van der Waals surface area contributed by atoms with Crippen LogP contribution in [-0.4, -0.2) is 35.5 Å². The van der Waals surface area contributed by atoms with Crippen molar-refractivity contribution in [1.82, 2.24) is 4.98 Å². The van der Waals surface area contributed by atoms with Gasteiger partial charge in [0.1, 0.15) is 5.60 Å². The molecule has 2 fully saturated rings. The van der Waals surface area contributed by atoms with Gasteiger partial charge in [-0.1, -0.05) is 18.9 Å². The standard InChI is InChI=1S/C17H25NO3/c19-11-5-12-21-17(15-6-1-4-10-18-15)9-13-20-16(14-17)7-2-3-8-16/h1,4,6,10,19H,2-3,5,7-9,11-14H2. The van der Waals surface area contributed by atoms with Crippen LogP contribution in [0.2, 0.25) is 0 Å². The summed E-state index contributed by atoms with van der Waals surface area (Å²) in [5.74, 6) is 0. The van der Waals surface area contributed by atoms with Gasteiger partial charge in [0.2, 0.25) is 0 Å². The van der Waals surface area contributed by atoms with Crippen molar-refractivity contribution in [2.75, 3.05) is 19.8 Å². The molecule has 0 aromatic carbocycles. The Kier molecular flexibility index (Phi) is 4.57. The van der Waals surface area contributed by atoms with Crippen LogP contribution in [0.25, 0.3) is 0 Å². The topological polar surface area (TPSA) is 51.6 Å². The number of nitrogens with zero attached hydrogens (tertiary/aromatic N) is 1. The molecule has 4 nitrogen and oxygen atoms in total. The lowest BCUT2D eigenvalue weighted by Gasteiger charge is -2.46. The number of pyridine rings is 1. The summed E-state index contributed by atoms with van der Waals surface area (Å²) in [4.78, 5) is 4.56. The maximum atomic E-state index is 9.03. The highest BCUT2D eigenvalue weighted by atomic mass is 16.5. The Morgan fingerprint density at radius 1 is 1.24 bits per heavy atom. The zero-order valence-corrected chi connectivity index (χ0v) is 12.6. The molecule has 1 aromatic heterocycles. The third-order valence-corrected chi connectivity index (χ3v) is 4.85. The third-order valence-electron chi connectivity index (χ3n) is 4.85. The maximum Gasteiger partial charge on any atom is 0.115 e. The zero-order valence-electron chi connectivity index (χ0n) is 12.6. The first kappa shape index (κ1) is 14.9. The smallest absolute Gasteiger partial charge is 0.115 e. The minimum atomic E-state index is -0.348. The average Bonchev–Trinajstić information content (AvgIpc) is 2.96. The van der Waals surface area contributed by atoms with Crippen LogP contribution in [0.4, 0.5) is 0 Å². The molecule has 3 rings (SSSR count). The molecule has 1 saturated carbocycles. The monoisotopic (exact) mass is 291 g/mol. The molecule has 1 aliphatic heterocycles. The van der Waals surface area contributed by atoms with Crippen molar-refractivity contribution in [2.45, 2.75) is 56.1 Å². The number of hydrogen-bond donors (Lipinski definition) is 1. The Balaban J connectivity index is 1.85. The van der Waals surface area contributed by atoms with Crippen LogP contribution in [0.3, 0.4) is 0 Å². The molecular formula is C17H25NO3. The first-order valence-electron chi connectivity index (χ1n) is 8.09. The molecule has 1 aromatic rings. The van der Waals surface area contributed by atoms with E-state index in [2.05, 4.69) is 11.1 Å². The lowest BCUT2D eigenvalue weighted by atomic mass is 9.78. The van der Waals surface area contributed by atoms with E-state index >= 15 is 0 Å². The normalized spacial score (nSPS) is 28.0. The Bertz CT molecular complexity index is 445. The molecule has 21 heavy (non-hydrogen) atoms. The van der Waals surface area contributed by atoms with Gasteiger partial charge in [-0.3, -0.25) is 4.98 Å². The number of aromatic nitrogens is 1. The van der Waals surface area contributed by atoms with E-state index < -0.39 is 0 Å². The van der Waals surface area contributed by atoms with Crippen LogP contribution < -0.4 is 0 Å². The predicted molar refractivity (Wildman–Crippen MR) is 80.0 cm³/mol. The molecule has 0 bridgehead atoms. The number of aliphatic hydroxyl groups is 1. The molecule has 1 N–H and O–H groups in total. The molecule has 1 aliphatic carbocycles. The highest BCUT2D eigenvalue weighted by Crippen LogP contribution is 2.48.